The molecule has 0 spiro atoms. The van der Waals surface area contributed by atoms with Crippen molar-refractivity contribution in [2.45, 2.75) is 12.8 Å². The Hall–Kier alpha value is -1.34. The Bertz CT molecular complexity index is 757. The van der Waals surface area contributed by atoms with Crippen LogP contribution in [0.25, 0.3) is 0 Å². The number of amides is 1. The summed E-state index contributed by atoms with van der Waals surface area (Å²) in [6, 6.07) is 12.5. The van der Waals surface area contributed by atoms with Crippen LogP contribution in [0.4, 0.5) is 5.69 Å². The normalized spacial score (nSPS) is 10.2. The third-order valence-electron chi connectivity index (χ3n) is 3.05. The number of hydrogen-bond acceptors (Lipinski definition) is 3. The van der Waals surface area contributed by atoms with Crippen LogP contribution in [0.1, 0.15) is 12.8 Å². The topological polar surface area (TPSA) is 50.4 Å². The molecule has 1 amide bonds. The van der Waals surface area contributed by atoms with Crippen molar-refractivity contribution < 1.29 is 9.53 Å². The molecule has 0 radical (unpaired) electrons. The molecule has 132 valence electrons. The second kappa shape index (κ2) is 9.97. The molecule has 0 saturated carbocycles. The Balaban J connectivity index is 1.68. The van der Waals surface area contributed by atoms with Crippen molar-refractivity contribution in [3.63, 3.8) is 0 Å². The molecule has 0 atom stereocenters. The lowest BCUT2D eigenvalue weighted by atomic mass is 10.3. The predicted molar refractivity (Wildman–Crippen MR) is 110 cm³/mol. The fourth-order valence-electron chi connectivity index (χ4n) is 1.89. The Morgan fingerprint density at radius 1 is 1.16 bits per heavy atom. The van der Waals surface area contributed by atoms with Gasteiger partial charge in [0.15, 0.2) is 5.11 Å². The van der Waals surface area contributed by atoms with E-state index in [2.05, 4.69) is 26.6 Å². The van der Waals surface area contributed by atoms with Crippen LogP contribution in [0.2, 0.25) is 10.0 Å². The first-order valence-electron chi connectivity index (χ1n) is 7.38. The van der Waals surface area contributed by atoms with Crippen LogP contribution in [0.3, 0.4) is 0 Å². The van der Waals surface area contributed by atoms with Gasteiger partial charge in [0.2, 0.25) is 5.91 Å². The van der Waals surface area contributed by atoms with Crippen LogP contribution >= 0.6 is 51.3 Å². The molecule has 0 aliphatic heterocycles. The number of benzene rings is 2. The van der Waals surface area contributed by atoms with Gasteiger partial charge in [-0.15, -0.1) is 0 Å². The number of nitrogens with one attached hydrogen (secondary N) is 2. The number of ether oxygens (including phenoxy) is 1. The summed E-state index contributed by atoms with van der Waals surface area (Å²) >= 11 is 20.3. The molecule has 4 nitrogen and oxygen atoms in total. The van der Waals surface area contributed by atoms with Gasteiger partial charge in [-0.3, -0.25) is 4.79 Å². The van der Waals surface area contributed by atoms with Gasteiger partial charge in [-0.25, -0.2) is 0 Å². The van der Waals surface area contributed by atoms with E-state index in [1.807, 2.05) is 24.3 Å². The van der Waals surface area contributed by atoms with Crippen LogP contribution < -0.4 is 15.4 Å². The average Bonchev–Trinajstić information content (AvgIpc) is 2.55. The standard InChI is InChI=1S/C17H15BrCl2N2O2S/c18-11-3-6-13(7-4-11)21-17(25)22-16(23)2-1-9-24-15-8-5-12(19)10-14(15)20/h3-8,10H,1-2,9H2,(H2,21,22,23,25). The van der Waals surface area contributed by atoms with E-state index >= 15 is 0 Å². The molecule has 2 rings (SSSR count). The second-order valence-corrected chi connectivity index (χ2v) is 7.20. The minimum absolute atomic E-state index is 0.180. The van der Waals surface area contributed by atoms with Crippen molar-refractivity contribution in [2.24, 2.45) is 0 Å². The van der Waals surface area contributed by atoms with E-state index in [0.717, 1.165) is 10.2 Å². The highest BCUT2D eigenvalue weighted by atomic mass is 79.9. The summed E-state index contributed by atoms with van der Waals surface area (Å²) in [4.78, 5) is 11.9. The first-order chi connectivity index (χ1) is 11.9. The van der Waals surface area contributed by atoms with Gasteiger partial charge < -0.3 is 15.4 Å². The van der Waals surface area contributed by atoms with Gasteiger partial charge in [0, 0.05) is 21.6 Å². The minimum Gasteiger partial charge on any atom is -0.492 e. The highest BCUT2D eigenvalue weighted by Gasteiger charge is 2.06. The summed E-state index contributed by atoms with van der Waals surface area (Å²) < 4.78 is 6.50. The molecular formula is C17H15BrCl2N2O2S. The maximum Gasteiger partial charge on any atom is 0.226 e. The molecule has 0 aliphatic rings. The third kappa shape index (κ3) is 7.20. The summed E-state index contributed by atoms with van der Waals surface area (Å²) in [6.45, 7) is 0.363. The highest BCUT2D eigenvalue weighted by molar-refractivity contribution is 9.10. The van der Waals surface area contributed by atoms with Crippen LogP contribution in [-0.4, -0.2) is 17.6 Å². The van der Waals surface area contributed by atoms with Crippen molar-refractivity contribution in [1.29, 1.82) is 0 Å². The molecule has 8 heteroatoms. The number of carbonyl (C=O) groups is 1. The summed E-state index contributed by atoms with van der Waals surface area (Å²) in [7, 11) is 0. The number of halogens is 3. The average molecular weight is 462 g/mol. The van der Waals surface area contributed by atoms with Gasteiger partial charge >= 0.3 is 0 Å². The SMILES string of the molecule is O=C(CCCOc1ccc(Cl)cc1Cl)NC(=S)Nc1ccc(Br)cc1. The molecule has 25 heavy (non-hydrogen) atoms. The van der Waals surface area contributed by atoms with Crippen molar-refractivity contribution in [1.82, 2.24) is 5.32 Å². The predicted octanol–water partition coefficient (Wildman–Crippen LogP) is 5.43. The van der Waals surface area contributed by atoms with Gasteiger partial charge in [-0.1, -0.05) is 39.1 Å². The molecule has 0 fully saturated rings. The van der Waals surface area contributed by atoms with Crippen LogP contribution in [-0.2, 0) is 4.79 Å². The van der Waals surface area contributed by atoms with Crippen molar-refractivity contribution in [3.05, 3.63) is 57.0 Å². The molecule has 0 saturated heterocycles. The lowest BCUT2D eigenvalue weighted by Gasteiger charge is -2.10. The summed E-state index contributed by atoms with van der Waals surface area (Å²) in [6.07, 6.45) is 0.819. The van der Waals surface area contributed by atoms with E-state index in [4.69, 9.17) is 40.2 Å². The Morgan fingerprint density at radius 3 is 2.56 bits per heavy atom. The van der Waals surface area contributed by atoms with E-state index in [1.165, 1.54) is 0 Å². The minimum atomic E-state index is -0.180. The fraction of sp³-hybridized carbons (Fsp3) is 0.176. The number of carbonyl (C=O) groups excluding carboxylic acids is 1. The molecule has 0 aromatic heterocycles. The lowest BCUT2D eigenvalue weighted by Crippen LogP contribution is -2.34. The zero-order valence-electron chi connectivity index (χ0n) is 13.0. The summed E-state index contributed by atoms with van der Waals surface area (Å²) in [5.41, 5.74) is 0.800. The highest BCUT2D eigenvalue weighted by Crippen LogP contribution is 2.27. The second-order valence-electron chi connectivity index (χ2n) is 5.04. The van der Waals surface area contributed by atoms with Gasteiger partial charge in [0.1, 0.15) is 5.75 Å². The first kappa shape index (κ1) is 20.0. The smallest absolute Gasteiger partial charge is 0.226 e. The van der Waals surface area contributed by atoms with E-state index in [-0.39, 0.29) is 17.4 Å². The van der Waals surface area contributed by atoms with E-state index < -0.39 is 0 Å². The molecular weight excluding hydrogens is 447 g/mol. The van der Waals surface area contributed by atoms with Crippen molar-refractivity contribution in [2.75, 3.05) is 11.9 Å². The zero-order valence-corrected chi connectivity index (χ0v) is 16.9. The van der Waals surface area contributed by atoms with Gasteiger partial charge in [-0.05, 0) is 61.1 Å². The largest absolute Gasteiger partial charge is 0.492 e. The maximum absolute atomic E-state index is 11.9. The Morgan fingerprint density at radius 2 is 1.88 bits per heavy atom. The van der Waals surface area contributed by atoms with Gasteiger partial charge in [0.05, 0.1) is 11.6 Å². The van der Waals surface area contributed by atoms with Crippen molar-refractivity contribution in [3.8, 4) is 5.75 Å². The van der Waals surface area contributed by atoms with Crippen molar-refractivity contribution >= 4 is 68.1 Å². The maximum atomic E-state index is 11.9. The van der Waals surface area contributed by atoms with Crippen LogP contribution in [0, 0.1) is 0 Å². The van der Waals surface area contributed by atoms with Crippen LogP contribution in [0.5, 0.6) is 5.75 Å². The molecule has 2 aromatic carbocycles. The molecule has 0 aliphatic carbocycles. The summed E-state index contributed by atoms with van der Waals surface area (Å²) in [5, 5.41) is 6.82. The number of thiocarbonyl (C=S) groups is 1. The van der Waals surface area contributed by atoms with E-state index in [1.54, 1.807) is 18.2 Å². The van der Waals surface area contributed by atoms with E-state index in [0.29, 0.717) is 28.8 Å². The Kier molecular flexibility index (Phi) is 7.96. The van der Waals surface area contributed by atoms with Gasteiger partial charge in [0.25, 0.3) is 0 Å². The van der Waals surface area contributed by atoms with Gasteiger partial charge in [-0.2, -0.15) is 0 Å². The Labute approximate surface area is 170 Å². The number of anilines is 1. The molecule has 0 heterocycles. The zero-order chi connectivity index (χ0) is 18.2. The lowest BCUT2D eigenvalue weighted by molar-refractivity contribution is -0.119. The van der Waals surface area contributed by atoms with Crippen LogP contribution in [0.15, 0.2) is 46.9 Å². The number of hydrogen-bond donors (Lipinski definition) is 2. The quantitative estimate of drug-likeness (QED) is 0.445. The first-order valence-corrected chi connectivity index (χ1v) is 9.34. The summed E-state index contributed by atoms with van der Waals surface area (Å²) in [5.74, 6) is 0.360. The molecule has 2 aromatic rings. The molecule has 0 bridgehead atoms. The van der Waals surface area contributed by atoms with E-state index in [9.17, 15) is 4.79 Å². The fourth-order valence-corrected chi connectivity index (χ4v) is 2.85. The monoisotopic (exact) mass is 460 g/mol. The molecule has 0 unspecified atom stereocenters. The molecule has 2 N–H and O–H groups in total. The number of rotatable bonds is 6. The third-order valence-corrected chi connectivity index (χ3v) is 4.32.